The minimum absolute atomic E-state index is 0.0398. The largest absolute Gasteiger partial charge is 0.456 e. The quantitative estimate of drug-likeness (QED) is 0.133. The first-order chi connectivity index (χ1) is 21.7. The number of rotatable bonds is 10. The molecule has 5 rings (SSSR count). The summed E-state index contributed by atoms with van der Waals surface area (Å²) in [4.78, 5) is 26.2. The fourth-order valence-electron chi connectivity index (χ4n) is 5.10. The molecule has 5 aromatic rings. The maximum atomic E-state index is 13.8. The van der Waals surface area contributed by atoms with E-state index in [1.54, 1.807) is 30.3 Å². The first kappa shape index (κ1) is 32.9. The van der Waals surface area contributed by atoms with Crippen molar-refractivity contribution in [2.45, 2.75) is 38.5 Å². The molecule has 238 valence electrons. The Morgan fingerprint density at radius 1 is 0.891 bits per heavy atom. The molecule has 0 aliphatic rings. The van der Waals surface area contributed by atoms with Gasteiger partial charge in [0, 0.05) is 33.8 Å². The van der Waals surface area contributed by atoms with Crippen molar-refractivity contribution in [2.24, 2.45) is 0 Å². The molecule has 8 nitrogen and oxygen atoms in total. The van der Waals surface area contributed by atoms with E-state index in [9.17, 15) is 18.0 Å². The highest BCUT2D eigenvalue weighted by molar-refractivity contribution is 7.85. The Balaban J connectivity index is 1.33. The number of hydrogen-bond acceptors (Lipinski definition) is 5. The third kappa shape index (κ3) is 8.42. The van der Waals surface area contributed by atoms with Crippen LogP contribution < -0.4 is 10.6 Å². The molecule has 1 atom stereocenters. The van der Waals surface area contributed by atoms with Gasteiger partial charge in [0.25, 0.3) is 16.0 Å². The molecule has 0 aliphatic heterocycles. The Labute approximate surface area is 273 Å². The number of anilines is 1. The topological polar surface area (TPSA) is 126 Å². The summed E-state index contributed by atoms with van der Waals surface area (Å²) < 4.78 is 36.7. The second-order valence-corrected chi connectivity index (χ2v) is 14.2. The van der Waals surface area contributed by atoms with Crippen LogP contribution in [0.15, 0.2) is 101 Å². The molecular formula is C36H35ClN2O6S. The van der Waals surface area contributed by atoms with Gasteiger partial charge in [0.15, 0.2) is 0 Å². The molecule has 1 unspecified atom stereocenters. The standard InChI is InChI=1S/C36H35ClN2O6S/c1-36(2,3)28-12-8-24(9-13-28)31(20-23-4-6-26(7-5-23)34(40)38-18-19-46(42,43)44)35(41)39-30-15-10-25(11-16-30)33-22-27-21-29(37)14-17-32(27)45-33/h4-17,21-22,31H,18-20H2,1-3H3,(H,38,40)(H,39,41)(H,42,43,44). The molecule has 2 amide bonds. The number of carbonyl (C=O) groups is 2. The lowest BCUT2D eigenvalue weighted by molar-refractivity contribution is -0.117. The zero-order valence-electron chi connectivity index (χ0n) is 25.7. The molecule has 0 radical (unpaired) electrons. The number of furan rings is 1. The summed E-state index contributed by atoms with van der Waals surface area (Å²) >= 11 is 6.12. The van der Waals surface area contributed by atoms with Gasteiger partial charge in [0.2, 0.25) is 5.91 Å². The van der Waals surface area contributed by atoms with Gasteiger partial charge in [-0.25, -0.2) is 0 Å². The zero-order valence-corrected chi connectivity index (χ0v) is 27.3. The van der Waals surface area contributed by atoms with Crippen LogP contribution >= 0.6 is 11.6 Å². The smallest absolute Gasteiger partial charge is 0.266 e. The average molecular weight is 659 g/mol. The third-order valence-electron chi connectivity index (χ3n) is 7.71. The first-order valence-corrected chi connectivity index (χ1v) is 16.8. The van der Waals surface area contributed by atoms with E-state index in [0.717, 1.165) is 33.2 Å². The summed E-state index contributed by atoms with van der Waals surface area (Å²) in [5, 5.41) is 7.08. The molecule has 0 spiro atoms. The Morgan fingerprint density at radius 3 is 2.20 bits per heavy atom. The Hall–Kier alpha value is -4.44. The van der Waals surface area contributed by atoms with Gasteiger partial charge < -0.3 is 15.1 Å². The van der Waals surface area contributed by atoms with Crippen LogP contribution in [0.5, 0.6) is 0 Å². The van der Waals surface area contributed by atoms with E-state index in [4.69, 9.17) is 20.6 Å². The molecule has 0 fully saturated rings. The fourth-order valence-corrected chi connectivity index (χ4v) is 5.65. The van der Waals surface area contributed by atoms with E-state index in [-0.39, 0.29) is 17.9 Å². The van der Waals surface area contributed by atoms with Crippen molar-refractivity contribution in [1.82, 2.24) is 5.32 Å². The molecule has 3 N–H and O–H groups in total. The second-order valence-electron chi connectivity index (χ2n) is 12.2. The summed E-state index contributed by atoms with van der Waals surface area (Å²) in [7, 11) is -4.17. The maximum absolute atomic E-state index is 13.8. The van der Waals surface area contributed by atoms with Crippen LogP contribution in [0.2, 0.25) is 5.02 Å². The number of hydrogen-bond donors (Lipinski definition) is 3. The van der Waals surface area contributed by atoms with E-state index in [1.807, 2.05) is 66.7 Å². The predicted molar refractivity (Wildman–Crippen MR) is 182 cm³/mol. The Morgan fingerprint density at radius 2 is 1.57 bits per heavy atom. The molecule has 10 heteroatoms. The monoisotopic (exact) mass is 658 g/mol. The van der Waals surface area contributed by atoms with Crippen molar-refractivity contribution in [1.29, 1.82) is 0 Å². The van der Waals surface area contributed by atoms with Gasteiger partial charge in [-0.2, -0.15) is 8.42 Å². The number of carbonyl (C=O) groups excluding carboxylic acids is 2. The summed E-state index contributed by atoms with van der Waals surface area (Å²) in [6.45, 7) is 6.20. The van der Waals surface area contributed by atoms with Crippen molar-refractivity contribution in [2.75, 3.05) is 17.6 Å². The Kier molecular flexibility index (Phi) is 9.67. The van der Waals surface area contributed by atoms with Crippen LogP contribution in [0.3, 0.4) is 0 Å². The van der Waals surface area contributed by atoms with E-state index in [2.05, 4.69) is 31.4 Å². The molecule has 0 bridgehead atoms. The number of halogens is 1. The van der Waals surface area contributed by atoms with Crippen molar-refractivity contribution in [3.05, 3.63) is 124 Å². The molecule has 1 heterocycles. The lowest BCUT2D eigenvalue weighted by atomic mass is 9.84. The number of benzene rings is 4. The van der Waals surface area contributed by atoms with Crippen LogP contribution in [0.25, 0.3) is 22.3 Å². The lowest BCUT2D eigenvalue weighted by Crippen LogP contribution is -2.28. The molecule has 1 aromatic heterocycles. The van der Waals surface area contributed by atoms with E-state index >= 15 is 0 Å². The summed E-state index contributed by atoms with van der Waals surface area (Å²) in [6.07, 6.45) is 0.380. The average Bonchev–Trinajstić information content (AvgIpc) is 3.43. The van der Waals surface area contributed by atoms with Crippen molar-refractivity contribution in [3.8, 4) is 11.3 Å². The third-order valence-corrected chi connectivity index (χ3v) is 8.67. The van der Waals surface area contributed by atoms with E-state index in [0.29, 0.717) is 28.5 Å². The van der Waals surface area contributed by atoms with Gasteiger partial charge in [0.05, 0.1) is 11.7 Å². The molecule has 0 saturated heterocycles. The highest BCUT2D eigenvalue weighted by atomic mass is 35.5. The lowest BCUT2D eigenvalue weighted by Gasteiger charge is -2.22. The predicted octanol–water partition coefficient (Wildman–Crippen LogP) is 7.63. The molecular weight excluding hydrogens is 624 g/mol. The van der Waals surface area contributed by atoms with Gasteiger partial charge in [0.1, 0.15) is 11.3 Å². The van der Waals surface area contributed by atoms with Crippen molar-refractivity contribution >= 4 is 50.2 Å². The van der Waals surface area contributed by atoms with E-state index in [1.165, 1.54) is 0 Å². The summed E-state index contributed by atoms with van der Waals surface area (Å²) in [5.74, 6) is -1.04. The fraction of sp³-hybridized carbons (Fsp3) is 0.222. The van der Waals surface area contributed by atoms with Gasteiger partial charge in [-0.3, -0.25) is 14.1 Å². The van der Waals surface area contributed by atoms with Crippen LogP contribution in [-0.2, 0) is 26.7 Å². The normalized spacial score (nSPS) is 12.5. The van der Waals surface area contributed by atoms with Gasteiger partial charge in [-0.05, 0) is 89.2 Å². The van der Waals surface area contributed by atoms with Crippen molar-refractivity contribution < 1.29 is 27.0 Å². The first-order valence-electron chi connectivity index (χ1n) is 14.8. The number of fused-ring (bicyclic) bond motifs is 1. The van der Waals surface area contributed by atoms with E-state index < -0.39 is 27.7 Å². The van der Waals surface area contributed by atoms with Gasteiger partial charge in [-0.1, -0.05) is 68.8 Å². The molecule has 0 aliphatic carbocycles. The molecule has 4 aromatic carbocycles. The highest BCUT2D eigenvalue weighted by Crippen LogP contribution is 2.31. The van der Waals surface area contributed by atoms with Crippen LogP contribution in [0.4, 0.5) is 5.69 Å². The van der Waals surface area contributed by atoms with Crippen LogP contribution in [0, 0.1) is 0 Å². The molecule has 46 heavy (non-hydrogen) atoms. The summed E-state index contributed by atoms with van der Waals surface area (Å²) in [5.41, 5.74) is 5.39. The Bertz CT molecular complexity index is 1960. The number of nitrogens with one attached hydrogen (secondary N) is 2. The van der Waals surface area contributed by atoms with Crippen LogP contribution in [-0.4, -0.2) is 37.1 Å². The summed E-state index contributed by atoms with van der Waals surface area (Å²) in [6, 6.07) is 29.7. The molecule has 0 saturated carbocycles. The van der Waals surface area contributed by atoms with Gasteiger partial charge >= 0.3 is 0 Å². The minimum atomic E-state index is -4.17. The van der Waals surface area contributed by atoms with Crippen LogP contribution in [0.1, 0.15) is 53.7 Å². The highest BCUT2D eigenvalue weighted by Gasteiger charge is 2.23. The maximum Gasteiger partial charge on any atom is 0.266 e. The van der Waals surface area contributed by atoms with Gasteiger partial charge in [-0.15, -0.1) is 0 Å². The zero-order chi connectivity index (χ0) is 33.1. The second kappa shape index (κ2) is 13.5. The number of amides is 2. The minimum Gasteiger partial charge on any atom is -0.456 e. The van der Waals surface area contributed by atoms with Crippen molar-refractivity contribution in [3.63, 3.8) is 0 Å². The SMILES string of the molecule is CC(C)(C)c1ccc(C(Cc2ccc(C(=O)NCCS(=O)(=O)O)cc2)C(=O)Nc2ccc(-c3cc4cc(Cl)ccc4o3)cc2)cc1.